The molecular weight excluding hydrogens is 128 g/mol. The summed E-state index contributed by atoms with van der Waals surface area (Å²) in [5.74, 6) is 0. The van der Waals surface area contributed by atoms with E-state index in [0.29, 0.717) is 0 Å². The fourth-order valence-electron chi connectivity index (χ4n) is 0.276. The molecule has 3 N–H and O–H groups in total. The lowest BCUT2D eigenvalue weighted by molar-refractivity contribution is 0.0915. The Labute approximate surface area is 55.9 Å². The number of hydrogen-bond acceptors (Lipinski definition) is 3. The van der Waals surface area contributed by atoms with Crippen molar-refractivity contribution >= 4 is 12.4 Å². The van der Waals surface area contributed by atoms with Crippen molar-refractivity contribution in [2.75, 3.05) is 20.2 Å². The highest BCUT2D eigenvalue weighted by Crippen LogP contribution is 1.66. The maximum atomic E-state index is 5.17. The van der Waals surface area contributed by atoms with Gasteiger partial charge in [-0.1, -0.05) is 0 Å². The van der Waals surface area contributed by atoms with Gasteiger partial charge in [-0.3, -0.25) is 0 Å². The lowest BCUT2D eigenvalue weighted by Crippen LogP contribution is -2.16. The van der Waals surface area contributed by atoms with Gasteiger partial charge in [0, 0.05) is 6.54 Å². The largest absolute Gasteiger partial charge is 0.330 e. The minimum Gasteiger partial charge on any atom is -0.330 e. The second kappa shape index (κ2) is 10.2. The van der Waals surface area contributed by atoms with Crippen molar-refractivity contribution in [1.82, 2.24) is 5.48 Å². The van der Waals surface area contributed by atoms with Crippen LogP contribution in [0, 0.1) is 0 Å². The summed E-state index contributed by atoms with van der Waals surface area (Å²) in [7, 11) is 1.59. The smallest absolute Gasteiger partial charge is 0.0572 e. The standard InChI is InChI=1S/C4H12N2O.ClH/c1-7-6-4-2-3-5;/h6H,2-5H2,1H3;1H. The maximum absolute atomic E-state index is 5.17. The van der Waals surface area contributed by atoms with E-state index in [9.17, 15) is 0 Å². The molecule has 0 aromatic carbocycles. The topological polar surface area (TPSA) is 47.3 Å². The molecular formula is C4H13ClN2O. The van der Waals surface area contributed by atoms with Crippen molar-refractivity contribution in [3.63, 3.8) is 0 Å². The number of halogens is 1. The molecule has 0 saturated carbocycles. The van der Waals surface area contributed by atoms with E-state index in [1.165, 1.54) is 0 Å². The first-order chi connectivity index (χ1) is 3.41. The van der Waals surface area contributed by atoms with E-state index < -0.39 is 0 Å². The van der Waals surface area contributed by atoms with Crippen LogP contribution in [-0.2, 0) is 4.84 Å². The molecule has 0 atom stereocenters. The summed E-state index contributed by atoms with van der Waals surface area (Å²) in [4.78, 5) is 4.54. The Bertz CT molecular complexity index is 33.2. The summed E-state index contributed by atoms with van der Waals surface area (Å²) in [6.07, 6.45) is 0.966. The van der Waals surface area contributed by atoms with E-state index in [4.69, 9.17) is 5.73 Å². The Morgan fingerprint density at radius 3 is 2.62 bits per heavy atom. The number of nitrogens with two attached hydrogens (primary N) is 1. The average molecular weight is 141 g/mol. The highest BCUT2D eigenvalue weighted by molar-refractivity contribution is 5.85. The van der Waals surface area contributed by atoms with Crippen molar-refractivity contribution in [2.24, 2.45) is 5.73 Å². The third-order valence-electron chi connectivity index (χ3n) is 0.627. The molecule has 0 aromatic rings. The first-order valence-electron chi connectivity index (χ1n) is 2.37. The molecule has 0 saturated heterocycles. The number of nitrogens with one attached hydrogen (secondary N) is 1. The molecule has 52 valence electrons. The summed E-state index contributed by atoms with van der Waals surface area (Å²) in [6, 6.07) is 0. The molecule has 3 nitrogen and oxygen atoms in total. The summed E-state index contributed by atoms with van der Waals surface area (Å²) >= 11 is 0. The van der Waals surface area contributed by atoms with E-state index in [0.717, 1.165) is 19.5 Å². The van der Waals surface area contributed by atoms with Crippen LogP contribution in [-0.4, -0.2) is 20.2 Å². The van der Waals surface area contributed by atoms with E-state index in [2.05, 4.69) is 10.3 Å². The third-order valence-corrected chi connectivity index (χ3v) is 0.627. The normalized spacial score (nSPS) is 8.25. The van der Waals surface area contributed by atoms with E-state index in [-0.39, 0.29) is 12.4 Å². The number of hydrogen-bond donors (Lipinski definition) is 2. The first-order valence-corrected chi connectivity index (χ1v) is 2.37. The van der Waals surface area contributed by atoms with Crippen molar-refractivity contribution < 1.29 is 4.84 Å². The van der Waals surface area contributed by atoms with Crippen molar-refractivity contribution in [1.29, 1.82) is 0 Å². The van der Waals surface area contributed by atoms with E-state index >= 15 is 0 Å². The maximum Gasteiger partial charge on any atom is 0.0572 e. The highest BCUT2D eigenvalue weighted by Gasteiger charge is 1.77. The minimum absolute atomic E-state index is 0. The van der Waals surface area contributed by atoms with Gasteiger partial charge in [-0.2, -0.15) is 0 Å². The van der Waals surface area contributed by atoms with Crippen LogP contribution in [0.15, 0.2) is 0 Å². The average Bonchev–Trinajstić information content (AvgIpc) is 1.69. The van der Waals surface area contributed by atoms with Crippen molar-refractivity contribution in [3.8, 4) is 0 Å². The third kappa shape index (κ3) is 9.48. The lowest BCUT2D eigenvalue weighted by atomic mass is 10.4. The predicted octanol–water partition coefficient (Wildman–Crippen LogP) is -0.0920. The van der Waals surface area contributed by atoms with Gasteiger partial charge in [-0.25, -0.2) is 5.48 Å². The Kier molecular flexibility index (Phi) is 14.1. The number of rotatable bonds is 4. The Morgan fingerprint density at radius 2 is 2.25 bits per heavy atom. The van der Waals surface area contributed by atoms with Crippen LogP contribution in [0.3, 0.4) is 0 Å². The molecule has 8 heavy (non-hydrogen) atoms. The van der Waals surface area contributed by atoms with Gasteiger partial charge in [0.1, 0.15) is 0 Å². The summed E-state index contributed by atoms with van der Waals surface area (Å²) in [6.45, 7) is 1.56. The SMILES string of the molecule is CONCCCN.Cl. The molecule has 0 amide bonds. The molecule has 0 heterocycles. The van der Waals surface area contributed by atoms with Crippen LogP contribution in [0.2, 0.25) is 0 Å². The van der Waals surface area contributed by atoms with Crippen LogP contribution in [0.25, 0.3) is 0 Å². The highest BCUT2D eigenvalue weighted by atomic mass is 35.5. The molecule has 4 heteroatoms. The zero-order chi connectivity index (χ0) is 5.54. The zero-order valence-electron chi connectivity index (χ0n) is 5.02. The summed E-state index contributed by atoms with van der Waals surface area (Å²) in [5.41, 5.74) is 7.84. The zero-order valence-corrected chi connectivity index (χ0v) is 5.83. The molecule has 0 radical (unpaired) electrons. The molecule has 0 fully saturated rings. The van der Waals surface area contributed by atoms with Gasteiger partial charge in [0.2, 0.25) is 0 Å². The Morgan fingerprint density at radius 1 is 1.62 bits per heavy atom. The first kappa shape index (κ1) is 11.0. The monoisotopic (exact) mass is 140 g/mol. The summed E-state index contributed by atoms with van der Waals surface area (Å²) in [5, 5.41) is 0. The fraction of sp³-hybridized carbons (Fsp3) is 1.00. The fourth-order valence-corrected chi connectivity index (χ4v) is 0.276. The predicted molar refractivity (Wildman–Crippen MR) is 35.9 cm³/mol. The molecule has 0 aromatic heterocycles. The van der Waals surface area contributed by atoms with Gasteiger partial charge in [0.05, 0.1) is 7.11 Å². The quantitative estimate of drug-likeness (QED) is 0.424. The minimum atomic E-state index is 0. The van der Waals surface area contributed by atoms with Crippen LogP contribution in [0.1, 0.15) is 6.42 Å². The van der Waals surface area contributed by atoms with Crippen LogP contribution >= 0.6 is 12.4 Å². The van der Waals surface area contributed by atoms with Crippen molar-refractivity contribution in [3.05, 3.63) is 0 Å². The lowest BCUT2D eigenvalue weighted by Gasteiger charge is -1.95. The second-order valence-electron chi connectivity index (χ2n) is 1.24. The van der Waals surface area contributed by atoms with Gasteiger partial charge in [0.25, 0.3) is 0 Å². The molecule has 0 unspecified atom stereocenters. The Hall–Kier alpha value is 0.170. The molecule has 0 aliphatic heterocycles. The summed E-state index contributed by atoms with van der Waals surface area (Å²) < 4.78 is 0. The van der Waals surface area contributed by atoms with Gasteiger partial charge < -0.3 is 10.6 Å². The molecule has 0 aliphatic rings. The number of hydroxylamine groups is 1. The van der Waals surface area contributed by atoms with E-state index in [1.807, 2.05) is 0 Å². The van der Waals surface area contributed by atoms with Crippen LogP contribution < -0.4 is 11.2 Å². The van der Waals surface area contributed by atoms with Gasteiger partial charge in [0.15, 0.2) is 0 Å². The van der Waals surface area contributed by atoms with Crippen LogP contribution in [0.4, 0.5) is 0 Å². The van der Waals surface area contributed by atoms with Gasteiger partial charge in [-0.15, -0.1) is 12.4 Å². The van der Waals surface area contributed by atoms with E-state index in [1.54, 1.807) is 7.11 Å². The molecule has 0 aliphatic carbocycles. The molecule has 0 bridgehead atoms. The van der Waals surface area contributed by atoms with Gasteiger partial charge >= 0.3 is 0 Å². The Balaban J connectivity index is 0. The second-order valence-corrected chi connectivity index (χ2v) is 1.24. The van der Waals surface area contributed by atoms with Crippen LogP contribution in [0.5, 0.6) is 0 Å². The van der Waals surface area contributed by atoms with Crippen molar-refractivity contribution in [2.45, 2.75) is 6.42 Å². The molecule has 0 spiro atoms. The van der Waals surface area contributed by atoms with Gasteiger partial charge in [-0.05, 0) is 13.0 Å². The molecule has 0 rings (SSSR count).